The second kappa shape index (κ2) is 5.15. The molecule has 26 heavy (non-hydrogen) atoms. The number of aromatic nitrogens is 4. The zero-order valence-corrected chi connectivity index (χ0v) is 13.8. The summed E-state index contributed by atoms with van der Waals surface area (Å²) in [5.74, 6) is 1.77. The van der Waals surface area contributed by atoms with Crippen molar-refractivity contribution in [2.24, 2.45) is 4.99 Å². The lowest BCUT2D eigenvalue weighted by molar-refractivity contribution is 0.192. The van der Waals surface area contributed by atoms with Crippen molar-refractivity contribution >= 4 is 18.2 Å². The Bertz CT molecular complexity index is 1000. The van der Waals surface area contributed by atoms with E-state index < -0.39 is 0 Å². The molecule has 9 nitrogen and oxygen atoms in total. The van der Waals surface area contributed by atoms with E-state index in [0.717, 1.165) is 30.1 Å². The third-order valence-electron chi connectivity index (χ3n) is 5.03. The summed E-state index contributed by atoms with van der Waals surface area (Å²) in [6.45, 7) is 1.38. The number of hydrogen-bond acceptors (Lipinski definition) is 8. The van der Waals surface area contributed by atoms with Gasteiger partial charge in [-0.1, -0.05) is 23.4 Å². The highest BCUT2D eigenvalue weighted by Gasteiger charge is 2.40. The molecule has 0 spiro atoms. The van der Waals surface area contributed by atoms with E-state index in [1.807, 2.05) is 27.9 Å². The van der Waals surface area contributed by atoms with E-state index in [1.54, 1.807) is 17.7 Å². The first-order chi connectivity index (χ1) is 12.9. The molecule has 9 heteroatoms. The third-order valence-corrected chi connectivity index (χ3v) is 5.03. The number of hydrazine groups is 1. The summed E-state index contributed by atoms with van der Waals surface area (Å²) >= 11 is 0. The molecule has 0 amide bonds. The fraction of sp³-hybridized carbons (Fsp3) is 0.294. The highest BCUT2D eigenvalue weighted by Crippen LogP contribution is 2.42. The summed E-state index contributed by atoms with van der Waals surface area (Å²) in [6.07, 6.45) is 6.08. The fourth-order valence-electron chi connectivity index (χ4n) is 3.74. The first-order valence-electron chi connectivity index (χ1n) is 8.55. The number of para-hydroxylation sites is 1. The Morgan fingerprint density at radius 3 is 3.08 bits per heavy atom. The summed E-state index contributed by atoms with van der Waals surface area (Å²) in [6, 6.07) is 8.57. The van der Waals surface area contributed by atoms with Crippen LogP contribution in [0.4, 0.5) is 11.8 Å². The number of imidazole rings is 1. The van der Waals surface area contributed by atoms with E-state index in [0.29, 0.717) is 18.4 Å². The van der Waals surface area contributed by atoms with Gasteiger partial charge in [-0.3, -0.25) is 4.57 Å². The molecule has 1 saturated heterocycles. The van der Waals surface area contributed by atoms with Gasteiger partial charge < -0.3 is 9.26 Å². The Morgan fingerprint density at radius 1 is 1.19 bits per heavy atom. The van der Waals surface area contributed by atoms with Gasteiger partial charge in [-0.05, 0) is 12.5 Å². The normalized spacial score (nSPS) is 23.2. The molecule has 3 aliphatic heterocycles. The van der Waals surface area contributed by atoms with Crippen LogP contribution in [0.2, 0.25) is 0 Å². The van der Waals surface area contributed by atoms with Gasteiger partial charge in [-0.25, -0.2) is 15.0 Å². The van der Waals surface area contributed by atoms with Crippen LogP contribution in [-0.2, 0) is 4.74 Å². The van der Waals surface area contributed by atoms with Crippen molar-refractivity contribution in [1.82, 2.24) is 19.7 Å². The maximum atomic E-state index is 5.54. The quantitative estimate of drug-likeness (QED) is 0.700. The van der Waals surface area contributed by atoms with E-state index >= 15 is 0 Å². The van der Waals surface area contributed by atoms with Crippen LogP contribution in [0.25, 0.3) is 5.69 Å². The van der Waals surface area contributed by atoms with Crippen LogP contribution in [0.1, 0.15) is 29.9 Å². The number of rotatable bonds is 2. The van der Waals surface area contributed by atoms with Gasteiger partial charge in [0, 0.05) is 18.1 Å². The summed E-state index contributed by atoms with van der Waals surface area (Å²) in [7, 11) is 0. The average Bonchev–Trinajstić information content (AvgIpc) is 3.47. The van der Waals surface area contributed by atoms with Crippen molar-refractivity contribution in [3.63, 3.8) is 0 Å². The average molecular weight is 349 g/mol. The predicted molar refractivity (Wildman–Crippen MR) is 92.2 cm³/mol. The molecule has 2 atom stereocenters. The van der Waals surface area contributed by atoms with Crippen molar-refractivity contribution < 1.29 is 9.26 Å². The van der Waals surface area contributed by atoms with Gasteiger partial charge in [0.2, 0.25) is 0 Å². The van der Waals surface area contributed by atoms with Gasteiger partial charge in [0.1, 0.15) is 12.7 Å². The zero-order chi connectivity index (χ0) is 17.1. The molecule has 2 aromatic heterocycles. The maximum Gasteiger partial charge on any atom is 0.348 e. The van der Waals surface area contributed by atoms with Gasteiger partial charge >= 0.3 is 6.01 Å². The molecule has 1 fully saturated rings. The van der Waals surface area contributed by atoms with Crippen LogP contribution in [0, 0.1) is 0 Å². The van der Waals surface area contributed by atoms with Crippen molar-refractivity contribution in [3.05, 3.63) is 48.2 Å². The Balaban J connectivity index is 1.42. The van der Waals surface area contributed by atoms with Crippen molar-refractivity contribution in [2.45, 2.75) is 18.5 Å². The molecular formula is C17H15N7O2. The van der Waals surface area contributed by atoms with E-state index in [4.69, 9.17) is 9.26 Å². The number of ether oxygens (including phenoxy) is 1. The molecule has 0 saturated carbocycles. The minimum Gasteiger partial charge on any atom is -0.381 e. The number of hydrogen-bond donors (Lipinski definition) is 0. The minimum absolute atomic E-state index is 0.180. The molecule has 130 valence electrons. The molecule has 1 aromatic carbocycles. The van der Waals surface area contributed by atoms with Crippen LogP contribution in [0.5, 0.6) is 0 Å². The molecule has 6 rings (SSSR count). The minimum atomic E-state index is -0.180. The molecule has 2 unspecified atom stereocenters. The highest BCUT2D eigenvalue weighted by atomic mass is 16.5. The molecule has 3 aromatic rings. The predicted octanol–water partition coefficient (Wildman–Crippen LogP) is 2.04. The van der Waals surface area contributed by atoms with Crippen molar-refractivity contribution in [1.29, 1.82) is 0 Å². The largest absolute Gasteiger partial charge is 0.381 e. The van der Waals surface area contributed by atoms with Crippen LogP contribution < -0.4 is 10.0 Å². The summed E-state index contributed by atoms with van der Waals surface area (Å²) in [5, 5.41) is 7.95. The van der Waals surface area contributed by atoms with E-state index in [2.05, 4.69) is 32.2 Å². The Morgan fingerprint density at radius 2 is 2.15 bits per heavy atom. The van der Waals surface area contributed by atoms with Gasteiger partial charge in [0.05, 0.1) is 18.5 Å². The van der Waals surface area contributed by atoms with E-state index in [-0.39, 0.29) is 12.1 Å². The lowest BCUT2D eigenvalue weighted by atomic mass is 10.1. The van der Waals surface area contributed by atoms with Gasteiger partial charge in [0.15, 0.2) is 17.8 Å². The van der Waals surface area contributed by atoms with Crippen LogP contribution in [0.3, 0.4) is 0 Å². The number of fused-ring (bicyclic) bond motifs is 6. The summed E-state index contributed by atoms with van der Waals surface area (Å²) < 4.78 is 13.0. The first kappa shape index (κ1) is 14.0. The SMILES string of the molecule is C1=NC2c3ccccc3-n3cncc3N2N1c1nc(C2CCOC2)no1. The van der Waals surface area contributed by atoms with Gasteiger partial charge in [-0.15, -0.1) is 0 Å². The number of anilines is 2. The lowest BCUT2D eigenvalue weighted by Gasteiger charge is -2.35. The van der Waals surface area contributed by atoms with E-state index in [9.17, 15) is 0 Å². The number of nitrogens with zero attached hydrogens (tertiary/aromatic N) is 7. The summed E-state index contributed by atoms with van der Waals surface area (Å²) in [4.78, 5) is 13.6. The smallest absolute Gasteiger partial charge is 0.348 e. The zero-order valence-electron chi connectivity index (χ0n) is 13.8. The first-order valence-corrected chi connectivity index (χ1v) is 8.55. The molecule has 0 bridgehead atoms. The standard InChI is InChI=1S/C17H15N7O2/c1-2-4-13-12(3-1)16-19-10-23(24(16)14-7-18-9-22(13)14)17-20-15(21-26-17)11-5-6-25-8-11/h1-4,7,9-11,16H,5-6,8H2. The highest BCUT2D eigenvalue weighted by molar-refractivity contribution is 5.84. The van der Waals surface area contributed by atoms with Crippen molar-refractivity contribution in [2.75, 3.05) is 23.2 Å². The van der Waals surface area contributed by atoms with Crippen LogP contribution in [-0.4, -0.2) is 39.2 Å². The van der Waals surface area contributed by atoms with Crippen LogP contribution in [0.15, 0.2) is 46.3 Å². The van der Waals surface area contributed by atoms with Gasteiger partial charge in [-0.2, -0.15) is 9.99 Å². The fourth-order valence-corrected chi connectivity index (χ4v) is 3.74. The molecule has 0 N–H and O–H groups in total. The molecule has 3 aliphatic rings. The summed E-state index contributed by atoms with van der Waals surface area (Å²) in [5.41, 5.74) is 2.18. The lowest BCUT2D eigenvalue weighted by Crippen LogP contribution is -2.42. The maximum absolute atomic E-state index is 5.54. The Hall–Kier alpha value is -3.20. The Labute approximate surface area is 148 Å². The van der Waals surface area contributed by atoms with E-state index in [1.165, 1.54) is 0 Å². The molecule has 0 radical (unpaired) electrons. The topological polar surface area (TPSA) is 84.8 Å². The van der Waals surface area contributed by atoms with Crippen LogP contribution >= 0.6 is 0 Å². The third kappa shape index (κ3) is 1.83. The second-order valence-electron chi connectivity index (χ2n) is 6.50. The van der Waals surface area contributed by atoms with Crippen molar-refractivity contribution in [3.8, 4) is 5.69 Å². The monoisotopic (exact) mass is 349 g/mol. The Kier molecular flexibility index (Phi) is 2.78. The number of benzene rings is 1. The number of aliphatic imine (C=N–C) groups is 1. The van der Waals surface area contributed by atoms with Gasteiger partial charge in [0.25, 0.3) is 0 Å². The molecule has 5 heterocycles. The molecular weight excluding hydrogens is 334 g/mol. The molecule has 0 aliphatic carbocycles. The second-order valence-corrected chi connectivity index (χ2v) is 6.50.